The quantitative estimate of drug-likeness (QED) is 0.563. The molecule has 1 aliphatic carbocycles. The summed E-state index contributed by atoms with van der Waals surface area (Å²) in [6.45, 7) is 3.01. The zero-order valence-electron chi connectivity index (χ0n) is 17.3. The lowest BCUT2D eigenvalue weighted by molar-refractivity contribution is 0.298. The average molecular weight is 455 g/mol. The van der Waals surface area contributed by atoms with Crippen LogP contribution in [0.1, 0.15) is 44.2 Å². The lowest BCUT2D eigenvalue weighted by atomic mass is 10.1. The molecule has 0 unspecified atom stereocenters. The number of sulfonamides is 1. The smallest absolute Gasteiger partial charge is 0.344 e. The molecule has 2 N–H and O–H groups in total. The van der Waals surface area contributed by atoms with Gasteiger partial charge in [0.1, 0.15) is 11.6 Å². The predicted molar refractivity (Wildman–Crippen MR) is 112 cm³/mol. The Labute approximate surface area is 179 Å². The monoisotopic (exact) mass is 454 g/mol. The standard InChI is InChI=1S/C20H27FN4O5S/c1-13(16-7-17(21)9-18(8-16)30-12-14-4-5-14)23-31(28,29)6-2-3-15-10-24-19(26)22-20(27)25(24)11-15/h7-9,13-15,23H,2-6,10-12H2,1H3,(H,22,26,27)/t13-/m1/s1. The molecule has 1 aromatic heterocycles. The molecule has 0 bridgehead atoms. The molecule has 2 aromatic rings. The molecule has 1 aliphatic heterocycles. The van der Waals surface area contributed by atoms with Crippen LogP contribution in [0.3, 0.4) is 0 Å². The highest BCUT2D eigenvalue weighted by Crippen LogP contribution is 2.30. The fourth-order valence-corrected chi connectivity index (χ4v) is 5.25. The summed E-state index contributed by atoms with van der Waals surface area (Å²) in [4.78, 5) is 25.5. The van der Waals surface area contributed by atoms with E-state index >= 15 is 0 Å². The Morgan fingerprint density at radius 3 is 2.48 bits per heavy atom. The molecule has 9 nitrogen and oxygen atoms in total. The number of benzene rings is 1. The number of halogens is 1. The summed E-state index contributed by atoms with van der Waals surface area (Å²) in [5.41, 5.74) is -0.375. The molecular weight excluding hydrogens is 427 g/mol. The zero-order chi connectivity index (χ0) is 22.2. The van der Waals surface area contributed by atoms with Crippen LogP contribution in [0.4, 0.5) is 4.39 Å². The van der Waals surface area contributed by atoms with Gasteiger partial charge < -0.3 is 4.74 Å². The first kappa shape index (κ1) is 21.8. The van der Waals surface area contributed by atoms with Gasteiger partial charge in [0.25, 0.3) is 0 Å². The molecular formula is C20H27FN4O5S. The van der Waals surface area contributed by atoms with Crippen LogP contribution in [0, 0.1) is 17.7 Å². The molecule has 0 radical (unpaired) electrons. The highest BCUT2D eigenvalue weighted by atomic mass is 32.2. The average Bonchev–Trinajstić information content (AvgIpc) is 3.36. The molecule has 0 saturated heterocycles. The van der Waals surface area contributed by atoms with E-state index in [2.05, 4.69) is 9.71 Å². The van der Waals surface area contributed by atoms with Crippen molar-refractivity contribution in [3.63, 3.8) is 0 Å². The predicted octanol–water partition coefficient (Wildman–Crippen LogP) is 1.36. The van der Waals surface area contributed by atoms with Crippen LogP contribution in [0.15, 0.2) is 27.8 Å². The van der Waals surface area contributed by atoms with Crippen molar-refractivity contribution in [2.45, 2.75) is 51.7 Å². The number of ether oxygens (including phenoxy) is 1. The van der Waals surface area contributed by atoms with Crippen LogP contribution in [-0.2, 0) is 23.1 Å². The minimum absolute atomic E-state index is 0.0389. The number of nitrogens with zero attached hydrogens (tertiary/aromatic N) is 2. The minimum atomic E-state index is -3.59. The van der Waals surface area contributed by atoms with E-state index in [4.69, 9.17) is 4.74 Å². The lowest BCUT2D eigenvalue weighted by Crippen LogP contribution is -2.29. The molecule has 1 atom stereocenters. The Morgan fingerprint density at radius 1 is 1.16 bits per heavy atom. The van der Waals surface area contributed by atoms with E-state index in [1.807, 2.05) is 0 Å². The van der Waals surface area contributed by atoms with Crippen LogP contribution in [0.25, 0.3) is 0 Å². The number of nitrogens with one attached hydrogen (secondary N) is 2. The molecule has 0 spiro atoms. The molecule has 31 heavy (non-hydrogen) atoms. The number of aromatic nitrogens is 3. The first-order valence-electron chi connectivity index (χ1n) is 10.5. The number of hydrogen-bond donors (Lipinski definition) is 2. The second-order valence-electron chi connectivity index (χ2n) is 8.54. The van der Waals surface area contributed by atoms with Crippen molar-refractivity contribution in [3.05, 3.63) is 50.5 Å². The maximum Gasteiger partial charge on any atom is 0.344 e. The van der Waals surface area contributed by atoms with E-state index in [0.29, 0.717) is 49.8 Å². The molecule has 1 saturated carbocycles. The SMILES string of the molecule is C[C@@H](NS(=O)(=O)CCCC1Cn2c(=O)[nH]c(=O)n2C1)c1cc(F)cc(OCC2CC2)c1. The highest BCUT2D eigenvalue weighted by Gasteiger charge is 2.25. The van der Waals surface area contributed by atoms with Crippen LogP contribution >= 0.6 is 0 Å². The number of hydrogen-bond acceptors (Lipinski definition) is 5. The highest BCUT2D eigenvalue weighted by molar-refractivity contribution is 7.89. The van der Waals surface area contributed by atoms with Gasteiger partial charge in [0.15, 0.2) is 0 Å². The number of fused-ring (bicyclic) bond motifs is 1. The molecule has 1 aromatic carbocycles. The van der Waals surface area contributed by atoms with Crippen LogP contribution in [-0.4, -0.2) is 35.1 Å². The summed E-state index contributed by atoms with van der Waals surface area (Å²) in [6, 6.07) is 3.68. The molecule has 170 valence electrons. The van der Waals surface area contributed by atoms with Crippen molar-refractivity contribution in [1.29, 1.82) is 0 Å². The Balaban J connectivity index is 1.29. The van der Waals surface area contributed by atoms with Crippen molar-refractivity contribution < 1.29 is 17.5 Å². The molecule has 4 rings (SSSR count). The molecule has 1 fully saturated rings. The first-order valence-corrected chi connectivity index (χ1v) is 12.2. The summed E-state index contributed by atoms with van der Waals surface area (Å²) in [7, 11) is -3.59. The number of H-pyrrole nitrogens is 1. The summed E-state index contributed by atoms with van der Waals surface area (Å²) in [5, 5.41) is 0. The maximum absolute atomic E-state index is 14.0. The zero-order valence-corrected chi connectivity index (χ0v) is 18.2. The Kier molecular flexibility index (Phi) is 6.07. The summed E-state index contributed by atoms with van der Waals surface area (Å²) < 4.78 is 49.9. The van der Waals surface area contributed by atoms with Crippen LogP contribution < -0.4 is 20.8 Å². The Hall–Kier alpha value is -2.40. The van der Waals surface area contributed by atoms with Gasteiger partial charge in [-0.2, -0.15) is 0 Å². The number of rotatable bonds is 10. The number of aromatic amines is 1. The molecule has 0 amide bonds. The second-order valence-corrected chi connectivity index (χ2v) is 10.4. The van der Waals surface area contributed by atoms with Crippen molar-refractivity contribution in [2.24, 2.45) is 11.8 Å². The second kappa shape index (κ2) is 8.62. The topological polar surface area (TPSA) is 115 Å². The van der Waals surface area contributed by atoms with Crippen LogP contribution in [0.2, 0.25) is 0 Å². The first-order chi connectivity index (χ1) is 14.7. The Bertz CT molecular complexity index is 1130. The minimum Gasteiger partial charge on any atom is -0.493 e. The van der Waals surface area contributed by atoms with Crippen molar-refractivity contribution in [2.75, 3.05) is 12.4 Å². The van der Waals surface area contributed by atoms with E-state index in [1.165, 1.54) is 21.5 Å². The summed E-state index contributed by atoms with van der Waals surface area (Å²) in [6.07, 6.45) is 3.21. The van der Waals surface area contributed by atoms with Gasteiger partial charge >= 0.3 is 11.4 Å². The lowest BCUT2D eigenvalue weighted by Gasteiger charge is -2.16. The third kappa shape index (κ3) is 5.45. The van der Waals surface area contributed by atoms with E-state index in [9.17, 15) is 22.4 Å². The van der Waals surface area contributed by atoms with E-state index < -0.39 is 33.3 Å². The van der Waals surface area contributed by atoms with Crippen LogP contribution in [0.5, 0.6) is 5.75 Å². The van der Waals surface area contributed by atoms with Gasteiger partial charge in [-0.15, -0.1) is 0 Å². The van der Waals surface area contributed by atoms with Gasteiger partial charge in [-0.3, -0.25) is 4.98 Å². The van der Waals surface area contributed by atoms with Gasteiger partial charge in [0.2, 0.25) is 10.0 Å². The van der Waals surface area contributed by atoms with Crippen molar-refractivity contribution in [3.8, 4) is 5.75 Å². The van der Waals surface area contributed by atoms with Gasteiger partial charge in [-0.25, -0.2) is 36.5 Å². The molecule has 11 heteroatoms. The molecule has 2 heterocycles. The van der Waals surface area contributed by atoms with Crippen molar-refractivity contribution >= 4 is 10.0 Å². The maximum atomic E-state index is 14.0. The Morgan fingerprint density at radius 2 is 1.84 bits per heavy atom. The fourth-order valence-electron chi connectivity index (χ4n) is 3.91. The van der Waals surface area contributed by atoms with Gasteiger partial charge in [-0.05, 0) is 62.1 Å². The summed E-state index contributed by atoms with van der Waals surface area (Å²) in [5.74, 6) is 0.419. The van der Waals surface area contributed by atoms with E-state index in [0.717, 1.165) is 12.8 Å². The third-order valence-corrected chi connectivity index (χ3v) is 7.33. The largest absolute Gasteiger partial charge is 0.493 e. The van der Waals surface area contributed by atoms with Crippen molar-refractivity contribution in [1.82, 2.24) is 19.1 Å². The normalized spacial score (nSPS) is 17.6. The van der Waals surface area contributed by atoms with Gasteiger partial charge in [0.05, 0.1) is 12.4 Å². The summed E-state index contributed by atoms with van der Waals surface area (Å²) >= 11 is 0. The van der Waals surface area contributed by atoms with Gasteiger partial charge in [-0.1, -0.05) is 0 Å². The fraction of sp³-hybridized carbons (Fsp3) is 0.600. The third-order valence-electron chi connectivity index (χ3n) is 5.79. The van der Waals surface area contributed by atoms with E-state index in [-0.39, 0.29) is 11.7 Å². The molecule has 2 aliphatic rings. The van der Waals surface area contributed by atoms with E-state index in [1.54, 1.807) is 13.0 Å². The van der Waals surface area contributed by atoms with Gasteiger partial charge in [0, 0.05) is 25.2 Å².